The Morgan fingerprint density at radius 1 is 0.760 bits per heavy atom. The van der Waals surface area contributed by atoms with Gasteiger partial charge < -0.3 is 50.0 Å². The molecule has 7 N–H and O–H groups in total. The third-order valence-corrected chi connectivity index (χ3v) is 4.68. The molecule has 0 radical (unpaired) electrons. The molecule has 10 heteroatoms. The number of hydrogen-bond donors (Lipinski definition) is 7. The summed E-state index contributed by atoms with van der Waals surface area (Å²) in [7, 11) is 0. The predicted molar refractivity (Wildman–Crippen MR) is 81.2 cm³/mol. The lowest BCUT2D eigenvalue weighted by molar-refractivity contribution is -0.315. The molecular formula is C15H28O10. The normalized spacial score (nSPS) is 48.7. The van der Waals surface area contributed by atoms with E-state index in [1.807, 2.05) is 0 Å². The highest BCUT2D eigenvalue weighted by molar-refractivity contribution is 4.94. The number of hydrogen-bond acceptors (Lipinski definition) is 10. The summed E-state index contributed by atoms with van der Waals surface area (Å²) < 4.78 is 16.1. The highest BCUT2D eigenvalue weighted by Gasteiger charge is 2.47. The summed E-state index contributed by atoms with van der Waals surface area (Å²) in [5, 5.41) is 68.5. The van der Waals surface area contributed by atoms with Crippen LogP contribution >= 0.6 is 0 Å². The molecule has 2 saturated heterocycles. The van der Waals surface area contributed by atoms with E-state index in [9.17, 15) is 30.6 Å². The Hall–Kier alpha value is -0.400. The van der Waals surface area contributed by atoms with E-state index >= 15 is 0 Å². The lowest BCUT2D eigenvalue weighted by atomic mass is 9.89. The summed E-state index contributed by atoms with van der Waals surface area (Å²) in [5.74, 6) is -0.132. The topological polar surface area (TPSA) is 169 Å². The largest absolute Gasteiger partial charge is 0.394 e. The van der Waals surface area contributed by atoms with E-state index < -0.39 is 67.8 Å². The molecule has 148 valence electrons. The summed E-state index contributed by atoms with van der Waals surface area (Å²) in [4.78, 5) is 0. The van der Waals surface area contributed by atoms with Gasteiger partial charge in [0.15, 0.2) is 6.29 Å². The van der Waals surface area contributed by atoms with Gasteiger partial charge >= 0.3 is 0 Å². The molecule has 0 aliphatic carbocycles. The van der Waals surface area contributed by atoms with Crippen LogP contribution in [0.4, 0.5) is 0 Å². The molecule has 10 atom stereocenters. The second-order valence-corrected chi connectivity index (χ2v) is 6.89. The highest BCUT2D eigenvalue weighted by atomic mass is 16.7. The fraction of sp³-hybridized carbons (Fsp3) is 1.00. The first-order valence-corrected chi connectivity index (χ1v) is 8.30. The van der Waals surface area contributed by atoms with Crippen LogP contribution < -0.4 is 0 Å². The molecule has 2 heterocycles. The van der Waals surface area contributed by atoms with Gasteiger partial charge in [0.2, 0.25) is 0 Å². The summed E-state index contributed by atoms with van der Waals surface area (Å²) >= 11 is 0. The van der Waals surface area contributed by atoms with Crippen LogP contribution in [-0.4, -0.2) is 110 Å². The molecule has 0 saturated carbocycles. The van der Waals surface area contributed by atoms with Gasteiger partial charge in [0.05, 0.1) is 19.3 Å². The summed E-state index contributed by atoms with van der Waals surface area (Å²) in [6.07, 6.45) is -13.0. The van der Waals surface area contributed by atoms with Crippen molar-refractivity contribution in [3.8, 4) is 0 Å². The Morgan fingerprint density at radius 3 is 1.88 bits per heavy atom. The first kappa shape index (κ1) is 20.9. The van der Waals surface area contributed by atoms with Crippen LogP contribution in [0.5, 0.6) is 0 Å². The molecule has 0 aromatic heterocycles. The smallest absolute Gasteiger partial charge is 0.186 e. The zero-order valence-electron chi connectivity index (χ0n) is 14.1. The molecule has 0 aromatic carbocycles. The van der Waals surface area contributed by atoms with Crippen molar-refractivity contribution in [3.05, 3.63) is 0 Å². The third kappa shape index (κ3) is 4.30. The lowest BCUT2D eigenvalue weighted by Crippen LogP contribution is -2.62. The van der Waals surface area contributed by atoms with Crippen molar-refractivity contribution in [2.24, 2.45) is 5.92 Å². The fourth-order valence-electron chi connectivity index (χ4n) is 3.06. The van der Waals surface area contributed by atoms with Gasteiger partial charge in [-0.15, -0.1) is 0 Å². The van der Waals surface area contributed by atoms with E-state index in [1.165, 1.54) is 0 Å². The number of aliphatic hydroxyl groups excluding tert-OH is 7. The molecule has 2 aliphatic rings. The second kappa shape index (κ2) is 8.53. The van der Waals surface area contributed by atoms with Crippen LogP contribution in [0.2, 0.25) is 0 Å². The first-order valence-electron chi connectivity index (χ1n) is 8.30. The standard InChI is InChI=1S/C15H28O10/c1-5(2)14-12(21)10(19)9(18)7(24-14)4-23-15-13(22)11(20)8(17)6(3-16)25-15/h5-22H,3-4H2,1-2H3. The molecule has 0 amide bonds. The second-order valence-electron chi connectivity index (χ2n) is 6.89. The Bertz CT molecular complexity index is 419. The molecule has 2 fully saturated rings. The van der Waals surface area contributed by atoms with E-state index in [0.29, 0.717) is 0 Å². The summed E-state index contributed by atoms with van der Waals surface area (Å²) in [5.41, 5.74) is 0. The van der Waals surface area contributed by atoms with E-state index in [4.69, 9.17) is 19.3 Å². The Labute approximate surface area is 145 Å². The monoisotopic (exact) mass is 368 g/mol. The third-order valence-electron chi connectivity index (χ3n) is 4.68. The minimum absolute atomic E-state index is 0.132. The van der Waals surface area contributed by atoms with Gasteiger partial charge in [-0.2, -0.15) is 0 Å². The van der Waals surface area contributed by atoms with Crippen molar-refractivity contribution < 1.29 is 50.0 Å². The maximum Gasteiger partial charge on any atom is 0.186 e. The molecule has 0 spiro atoms. The van der Waals surface area contributed by atoms with Crippen LogP contribution in [0.25, 0.3) is 0 Å². The van der Waals surface area contributed by atoms with Crippen LogP contribution in [0.1, 0.15) is 13.8 Å². The van der Waals surface area contributed by atoms with Gasteiger partial charge in [-0.1, -0.05) is 13.8 Å². The van der Waals surface area contributed by atoms with Gasteiger partial charge in [0.1, 0.15) is 48.8 Å². The van der Waals surface area contributed by atoms with Gasteiger partial charge in [0.25, 0.3) is 0 Å². The quantitative estimate of drug-likeness (QED) is 0.256. The van der Waals surface area contributed by atoms with Gasteiger partial charge in [-0.05, 0) is 5.92 Å². The highest BCUT2D eigenvalue weighted by Crippen LogP contribution is 2.27. The molecular weight excluding hydrogens is 340 g/mol. The molecule has 10 nitrogen and oxygen atoms in total. The van der Waals surface area contributed by atoms with Crippen molar-refractivity contribution in [2.45, 2.75) is 75.1 Å². The van der Waals surface area contributed by atoms with Crippen molar-refractivity contribution in [2.75, 3.05) is 13.2 Å². The average molecular weight is 368 g/mol. The summed E-state index contributed by atoms with van der Waals surface area (Å²) in [6, 6.07) is 0. The Balaban J connectivity index is 1.99. The molecule has 25 heavy (non-hydrogen) atoms. The van der Waals surface area contributed by atoms with Crippen LogP contribution in [0.3, 0.4) is 0 Å². The molecule has 2 rings (SSSR count). The SMILES string of the molecule is CC(C)C1OC(COC2OC(CO)C(O)C(O)C2O)C(O)C(O)C1O. The van der Waals surface area contributed by atoms with E-state index in [1.54, 1.807) is 13.8 Å². The Kier molecular flexibility index (Phi) is 7.13. The van der Waals surface area contributed by atoms with E-state index in [2.05, 4.69) is 0 Å². The lowest BCUT2D eigenvalue weighted by Gasteiger charge is -2.43. The molecule has 0 aromatic rings. The van der Waals surface area contributed by atoms with Gasteiger partial charge in [0, 0.05) is 0 Å². The molecule has 10 unspecified atom stereocenters. The van der Waals surface area contributed by atoms with E-state index in [0.717, 1.165) is 0 Å². The zero-order valence-corrected chi connectivity index (χ0v) is 14.1. The zero-order chi connectivity index (χ0) is 18.9. The minimum atomic E-state index is -1.58. The van der Waals surface area contributed by atoms with Crippen LogP contribution in [0.15, 0.2) is 0 Å². The van der Waals surface area contributed by atoms with E-state index in [-0.39, 0.29) is 12.5 Å². The van der Waals surface area contributed by atoms with Crippen LogP contribution in [-0.2, 0) is 14.2 Å². The summed E-state index contributed by atoms with van der Waals surface area (Å²) in [6.45, 7) is 2.67. The first-order chi connectivity index (χ1) is 11.7. The van der Waals surface area contributed by atoms with Gasteiger partial charge in [-0.3, -0.25) is 0 Å². The Morgan fingerprint density at radius 2 is 1.32 bits per heavy atom. The maximum atomic E-state index is 10.0. The number of rotatable bonds is 5. The van der Waals surface area contributed by atoms with Crippen LogP contribution in [0, 0.1) is 5.92 Å². The average Bonchev–Trinajstić information content (AvgIpc) is 2.58. The predicted octanol–water partition coefficient (Wildman–Crippen LogP) is -3.69. The maximum absolute atomic E-state index is 10.0. The van der Waals surface area contributed by atoms with Crippen molar-refractivity contribution in [3.63, 3.8) is 0 Å². The number of aliphatic hydroxyl groups is 7. The fourth-order valence-corrected chi connectivity index (χ4v) is 3.06. The molecule has 0 bridgehead atoms. The minimum Gasteiger partial charge on any atom is -0.394 e. The van der Waals surface area contributed by atoms with Gasteiger partial charge in [-0.25, -0.2) is 0 Å². The molecule has 2 aliphatic heterocycles. The van der Waals surface area contributed by atoms with Crippen molar-refractivity contribution in [1.29, 1.82) is 0 Å². The van der Waals surface area contributed by atoms with Crippen molar-refractivity contribution in [1.82, 2.24) is 0 Å². The number of ether oxygens (including phenoxy) is 3. The van der Waals surface area contributed by atoms with Crippen molar-refractivity contribution >= 4 is 0 Å².